The smallest absolute Gasteiger partial charge is 0.273 e. The summed E-state index contributed by atoms with van der Waals surface area (Å²) in [5.74, 6) is -2.78. The monoisotopic (exact) mass is 247 g/mol. The third kappa shape index (κ3) is 2.50. The van der Waals surface area contributed by atoms with Crippen LogP contribution >= 0.6 is 0 Å². The third-order valence-electron chi connectivity index (χ3n) is 2.95. The van der Waals surface area contributed by atoms with Crippen molar-refractivity contribution in [1.29, 1.82) is 0 Å². The fraction of sp³-hybridized carbons (Fsp3) is 0.200. The average Bonchev–Trinajstić information content (AvgIpc) is 2.39. The normalized spacial score (nSPS) is 11.5. The number of hydrogen-bond acceptors (Lipinski definition) is 1. The number of halogens is 2. The molecule has 0 radical (unpaired) electrons. The van der Waals surface area contributed by atoms with Crippen molar-refractivity contribution in [2.45, 2.75) is 19.3 Å². The van der Waals surface area contributed by atoms with E-state index < -0.39 is 5.92 Å². The highest BCUT2D eigenvalue weighted by molar-refractivity contribution is 5.68. The number of rotatable bonds is 3. The number of nitrogen functional groups attached to an aromatic ring is 1. The highest BCUT2D eigenvalue weighted by atomic mass is 19.3. The van der Waals surface area contributed by atoms with Crippen LogP contribution < -0.4 is 5.73 Å². The van der Waals surface area contributed by atoms with Crippen molar-refractivity contribution in [3.05, 3.63) is 54.1 Å². The zero-order chi connectivity index (χ0) is 13.2. The fourth-order valence-electron chi connectivity index (χ4n) is 1.85. The third-order valence-corrected chi connectivity index (χ3v) is 2.95. The predicted octanol–water partition coefficient (Wildman–Crippen LogP) is 4.44. The first-order valence-electron chi connectivity index (χ1n) is 5.87. The van der Waals surface area contributed by atoms with Crippen molar-refractivity contribution in [3.63, 3.8) is 0 Å². The van der Waals surface area contributed by atoms with Crippen molar-refractivity contribution < 1.29 is 8.78 Å². The molecule has 0 saturated heterocycles. The van der Waals surface area contributed by atoms with E-state index in [9.17, 15) is 8.78 Å². The Morgan fingerprint density at radius 3 is 2.22 bits per heavy atom. The van der Waals surface area contributed by atoms with Crippen LogP contribution in [0.2, 0.25) is 0 Å². The maximum absolute atomic E-state index is 13.6. The second-order valence-electron chi connectivity index (χ2n) is 4.26. The Balaban J connectivity index is 2.45. The van der Waals surface area contributed by atoms with Crippen LogP contribution in [-0.2, 0) is 5.92 Å². The van der Waals surface area contributed by atoms with Gasteiger partial charge < -0.3 is 5.73 Å². The van der Waals surface area contributed by atoms with Gasteiger partial charge in [0.1, 0.15) is 0 Å². The molecule has 2 rings (SSSR count). The van der Waals surface area contributed by atoms with Crippen LogP contribution in [0.3, 0.4) is 0 Å². The lowest BCUT2D eigenvalue weighted by Gasteiger charge is -2.15. The van der Waals surface area contributed by atoms with E-state index >= 15 is 0 Å². The summed E-state index contributed by atoms with van der Waals surface area (Å²) in [7, 11) is 0. The van der Waals surface area contributed by atoms with Gasteiger partial charge in [-0.25, -0.2) is 8.78 Å². The van der Waals surface area contributed by atoms with Gasteiger partial charge in [-0.1, -0.05) is 37.3 Å². The molecule has 0 fully saturated rings. The first kappa shape index (κ1) is 12.6. The van der Waals surface area contributed by atoms with E-state index in [1.54, 1.807) is 18.2 Å². The Hall–Kier alpha value is -1.90. The summed E-state index contributed by atoms with van der Waals surface area (Å²) in [5.41, 5.74) is 7.98. The van der Waals surface area contributed by atoms with Crippen molar-refractivity contribution in [2.24, 2.45) is 0 Å². The van der Waals surface area contributed by atoms with Crippen LogP contribution in [0.4, 0.5) is 14.5 Å². The van der Waals surface area contributed by atoms with Crippen molar-refractivity contribution >= 4 is 5.69 Å². The van der Waals surface area contributed by atoms with Crippen LogP contribution in [0.25, 0.3) is 11.1 Å². The van der Waals surface area contributed by atoms with E-state index in [0.29, 0.717) is 5.69 Å². The van der Waals surface area contributed by atoms with Crippen molar-refractivity contribution in [1.82, 2.24) is 0 Å². The molecule has 0 atom stereocenters. The second kappa shape index (κ2) is 4.77. The van der Waals surface area contributed by atoms with Gasteiger partial charge in [-0.05, 0) is 29.3 Å². The molecular formula is C15H15F2N. The van der Waals surface area contributed by atoms with Crippen LogP contribution in [0.1, 0.15) is 18.9 Å². The Morgan fingerprint density at radius 1 is 1.00 bits per heavy atom. The minimum atomic E-state index is -2.78. The summed E-state index contributed by atoms with van der Waals surface area (Å²) in [4.78, 5) is 0. The lowest BCUT2D eigenvalue weighted by molar-refractivity contribution is -0.00824. The van der Waals surface area contributed by atoms with Crippen molar-refractivity contribution in [2.75, 3.05) is 5.73 Å². The Kier molecular flexibility index (Phi) is 3.32. The summed E-state index contributed by atoms with van der Waals surface area (Å²) in [6, 6.07) is 13.7. The highest BCUT2D eigenvalue weighted by Crippen LogP contribution is 2.33. The molecule has 0 aliphatic carbocycles. The molecule has 0 bridgehead atoms. The summed E-state index contributed by atoms with van der Waals surface area (Å²) < 4.78 is 27.3. The standard InChI is InChI=1S/C15H15F2N/c1-2-15(16,17)13-7-3-5-11(9-13)12-6-4-8-14(18)10-12/h3-10H,2,18H2,1H3. The summed E-state index contributed by atoms with van der Waals surface area (Å²) in [6.07, 6.45) is -0.201. The Bertz CT molecular complexity index is 550. The molecule has 1 nitrogen and oxygen atoms in total. The van der Waals surface area contributed by atoms with E-state index in [-0.39, 0.29) is 12.0 Å². The Labute approximate surface area is 105 Å². The molecule has 2 N–H and O–H groups in total. The van der Waals surface area contributed by atoms with E-state index in [1.807, 2.05) is 18.2 Å². The fourth-order valence-corrected chi connectivity index (χ4v) is 1.85. The minimum Gasteiger partial charge on any atom is -0.399 e. The molecule has 0 aliphatic heterocycles. The van der Waals surface area contributed by atoms with E-state index in [0.717, 1.165) is 11.1 Å². The van der Waals surface area contributed by atoms with Gasteiger partial charge in [-0.3, -0.25) is 0 Å². The molecule has 3 heteroatoms. The molecule has 0 spiro atoms. The molecule has 0 unspecified atom stereocenters. The predicted molar refractivity (Wildman–Crippen MR) is 70.5 cm³/mol. The molecule has 2 aromatic carbocycles. The molecule has 2 aromatic rings. The molecule has 0 aliphatic rings. The minimum absolute atomic E-state index is 0.0462. The van der Waals surface area contributed by atoms with Crippen LogP contribution in [0, 0.1) is 0 Å². The maximum atomic E-state index is 13.6. The van der Waals surface area contributed by atoms with Gasteiger partial charge >= 0.3 is 0 Å². The lowest BCUT2D eigenvalue weighted by Crippen LogP contribution is -2.11. The molecule has 0 aromatic heterocycles. The second-order valence-corrected chi connectivity index (χ2v) is 4.26. The van der Waals surface area contributed by atoms with Gasteiger partial charge in [0.05, 0.1) is 0 Å². The lowest BCUT2D eigenvalue weighted by atomic mass is 9.99. The van der Waals surface area contributed by atoms with Crippen LogP contribution in [0.15, 0.2) is 48.5 Å². The number of alkyl halides is 2. The summed E-state index contributed by atoms with van der Waals surface area (Å²) in [6.45, 7) is 1.48. The largest absolute Gasteiger partial charge is 0.399 e. The molecule has 18 heavy (non-hydrogen) atoms. The first-order valence-corrected chi connectivity index (χ1v) is 5.87. The van der Waals surface area contributed by atoms with Gasteiger partial charge in [0.15, 0.2) is 0 Å². The number of anilines is 1. The summed E-state index contributed by atoms with van der Waals surface area (Å²) in [5, 5.41) is 0. The van der Waals surface area contributed by atoms with Gasteiger partial charge in [0.25, 0.3) is 5.92 Å². The molecule has 0 amide bonds. The van der Waals surface area contributed by atoms with Crippen molar-refractivity contribution in [3.8, 4) is 11.1 Å². The van der Waals surface area contributed by atoms with Gasteiger partial charge in [-0.2, -0.15) is 0 Å². The Morgan fingerprint density at radius 2 is 1.61 bits per heavy atom. The number of hydrogen-bond donors (Lipinski definition) is 1. The molecule has 94 valence electrons. The SMILES string of the molecule is CCC(F)(F)c1cccc(-c2cccc(N)c2)c1. The molecular weight excluding hydrogens is 232 g/mol. The first-order chi connectivity index (χ1) is 8.53. The van der Waals surface area contributed by atoms with Crippen LogP contribution in [0.5, 0.6) is 0 Å². The van der Waals surface area contributed by atoms with Gasteiger partial charge in [0.2, 0.25) is 0 Å². The van der Waals surface area contributed by atoms with E-state index in [4.69, 9.17) is 5.73 Å². The van der Waals surface area contributed by atoms with E-state index in [2.05, 4.69) is 0 Å². The topological polar surface area (TPSA) is 26.0 Å². The average molecular weight is 247 g/mol. The maximum Gasteiger partial charge on any atom is 0.273 e. The highest BCUT2D eigenvalue weighted by Gasteiger charge is 2.28. The van der Waals surface area contributed by atoms with Gasteiger partial charge in [0, 0.05) is 17.7 Å². The number of nitrogens with two attached hydrogens (primary N) is 1. The zero-order valence-electron chi connectivity index (χ0n) is 10.2. The summed E-state index contributed by atoms with van der Waals surface area (Å²) >= 11 is 0. The molecule has 0 saturated carbocycles. The van der Waals surface area contributed by atoms with Gasteiger partial charge in [-0.15, -0.1) is 0 Å². The molecule has 0 heterocycles. The number of benzene rings is 2. The van der Waals surface area contributed by atoms with Crippen LogP contribution in [-0.4, -0.2) is 0 Å². The zero-order valence-corrected chi connectivity index (χ0v) is 10.2. The quantitative estimate of drug-likeness (QED) is 0.797. The van der Waals surface area contributed by atoms with E-state index in [1.165, 1.54) is 19.1 Å².